The van der Waals surface area contributed by atoms with E-state index in [1.807, 2.05) is 19.1 Å². The standard InChI is InChI=1S/C13H20O3/c1-9(2)11-5-4-10(3)13(6-11)16-8-12(15)7-14/h4-6,9,12,14-15H,7-8H2,1-3H3. The van der Waals surface area contributed by atoms with E-state index in [4.69, 9.17) is 9.84 Å². The third-order valence-electron chi connectivity index (χ3n) is 2.52. The highest BCUT2D eigenvalue weighted by Gasteiger charge is 2.07. The van der Waals surface area contributed by atoms with Crippen LogP contribution in [0.2, 0.25) is 0 Å². The minimum atomic E-state index is -0.817. The molecule has 3 nitrogen and oxygen atoms in total. The van der Waals surface area contributed by atoms with Crippen molar-refractivity contribution in [3.8, 4) is 5.75 Å². The Morgan fingerprint density at radius 2 is 2.00 bits per heavy atom. The molecule has 1 atom stereocenters. The first-order chi connectivity index (χ1) is 7.54. The first-order valence-corrected chi connectivity index (χ1v) is 5.57. The van der Waals surface area contributed by atoms with Crippen molar-refractivity contribution in [3.63, 3.8) is 0 Å². The van der Waals surface area contributed by atoms with Crippen LogP contribution in [0.4, 0.5) is 0 Å². The average Bonchev–Trinajstić information content (AvgIpc) is 2.27. The summed E-state index contributed by atoms with van der Waals surface area (Å²) in [5, 5.41) is 17.9. The predicted octanol–water partition coefficient (Wildman–Crippen LogP) is 1.85. The molecule has 0 spiro atoms. The third-order valence-corrected chi connectivity index (χ3v) is 2.52. The summed E-state index contributed by atoms with van der Waals surface area (Å²) in [5.74, 6) is 1.23. The molecule has 16 heavy (non-hydrogen) atoms. The SMILES string of the molecule is Cc1ccc(C(C)C)cc1OCC(O)CO. The molecule has 1 rings (SSSR count). The summed E-state index contributed by atoms with van der Waals surface area (Å²) < 4.78 is 5.47. The topological polar surface area (TPSA) is 49.7 Å². The van der Waals surface area contributed by atoms with Gasteiger partial charge in [0.2, 0.25) is 0 Å². The molecule has 1 unspecified atom stereocenters. The summed E-state index contributed by atoms with van der Waals surface area (Å²) in [4.78, 5) is 0. The molecule has 2 N–H and O–H groups in total. The molecule has 0 aliphatic rings. The Kier molecular flexibility index (Phi) is 4.77. The molecule has 0 radical (unpaired) electrons. The lowest BCUT2D eigenvalue weighted by Gasteiger charge is -2.14. The van der Waals surface area contributed by atoms with E-state index in [9.17, 15) is 5.11 Å². The van der Waals surface area contributed by atoms with E-state index in [1.165, 1.54) is 5.56 Å². The van der Waals surface area contributed by atoms with Crippen LogP contribution >= 0.6 is 0 Å². The molecule has 0 saturated heterocycles. The second-order valence-corrected chi connectivity index (χ2v) is 4.33. The van der Waals surface area contributed by atoms with E-state index >= 15 is 0 Å². The molecule has 0 aromatic heterocycles. The van der Waals surface area contributed by atoms with Crippen molar-refractivity contribution < 1.29 is 14.9 Å². The number of benzene rings is 1. The number of ether oxygens (including phenoxy) is 1. The van der Waals surface area contributed by atoms with Crippen LogP contribution in [0.3, 0.4) is 0 Å². The van der Waals surface area contributed by atoms with E-state index in [2.05, 4.69) is 19.9 Å². The summed E-state index contributed by atoms with van der Waals surface area (Å²) in [6.45, 7) is 6.06. The summed E-state index contributed by atoms with van der Waals surface area (Å²) in [6.07, 6.45) is -0.817. The first kappa shape index (κ1) is 13.0. The number of rotatable bonds is 5. The highest BCUT2D eigenvalue weighted by Crippen LogP contribution is 2.24. The molecule has 1 aromatic carbocycles. The number of aryl methyl sites for hydroxylation is 1. The van der Waals surface area contributed by atoms with E-state index in [-0.39, 0.29) is 13.2 Å². The molecular formula is C13H20O3. The quantitative estimate of drug-likeness (QED) is 0.802. The van der Waals surface area contributed by atoms with Gasteiger partial charge < -0.3 is 14.9 Å². The average molecular weight is 224 g/mol. The Bertz CT molecular complexity index is 334. The molecule has 0 amide bonds. The lowest BCUT2D eigenvalue weighted by atomic mass is 10.0. The number of hydrogen-bond acceptors (Lipinski definition) is 3. The van der Waals surface area contributed by atoms with Crippen molar-refractivity contribution in [1.82, 2.24) is 0 Å². The Labute approximate surface area is 96.7 Å². The maximum Gasteiger partial charge on any atom is 0.122 e. The van der Waals surface area contributed by atoms with Gasteiger partial charge in [0.25, 0.3) is 0 Å². The summed E-state index contributed by atoms with van der Waals surface area (Å²) in [6, 6.07) is 6.08. The first-order valence-electron chi connectivity index (χ1n) is 5.57. The fraction of sp³-hybridized carbons (Fsp3) is 0.538. The van der Waals surface area contributed by atoms with Gasteiger partial charge in [-0.15, -0.1) is 0 Å². The maximum absolute atomic E-state index is 9.21. The van der Waals surface area contributed by atoms with Crippen LogP contribution in [-0.2, 0) is 0 Å². The molecule has 0 fully saturated rings. The van der Waals surface area contributed by atoms with E-state index in [1.54, 1.807) is 0 Å². The molecule has 3 heteroatoms. The molecule has 0 saturated carbocycles. The zero-order valence-electron chi connectivity index (χ0n) is 10.1. The van der Waals surface area contributed by atoms with E-state index in [0.717, 1.165) is 11.3 Å². The van der Waals surface area contributed by atoms with Crippen molar-refractivity contribution in [2.45, 2.75) is 32.8 Å². The van der Waals surface area contributed by atoms with Gasteiger partial charge in [0.05, 0.1) is 6.61 Å². The van der Waals surface area contributed by atoms with E-state index in [0.29, 0.717) is 5.92 Å². The van der Waals surface area contributed by atoms with Gasteiger partial charge in [-0.3, -0.25) is 0 Å². The van der Waals surface area contributed by atoms with E-state index < -0.39 is 6.10 Å². The van der Waals surface area contributed by atoms with Gasteiger partial charge in [0, 0.05) is 0 Å². The highest BCUT2D eigenvalue weighted by atomic mass is 16.5. The molecule has 1 aromatic rings. The second-order valence-electron chi connectivity index (χ2n) is 4.33. The smallest absolute Gasteiger partial charge is 0.122 e. The van der Waals surface area contributed by atoms with Gasteiger partial charge >= 0.3 is 0 Å². The Hall–Kier alpha value is -1.06. The van der Waals surface area contributed by atoms with Gasteiger partial charge in [-0.05, 0) is 30.0 Å². The Morgan fingerprint density at radius 1 is 1.31 bits per heavy atom. The summed E-state index contributed by atoms with van der Waals surface area (Å²) in [7, 11) is 0. The van der Waals surface area contributed by atoms with Gasteiger partial charge in [-0.1, -0.05) is 26.0 Å². The number of aliphatic hydroxyl groups is 2. The largest absolute Gasteiger partial charge is 0.491 e. The van der Waals surface area contributed by atoms with Crippen LogP contribution in [0, 0.1) is 6.92 Å². The maximum atomic E-state index is 9.21. The fourth-order valence-corrected chi connectivity index (χ4v) is 1.37. The third kappa shape index (κ3) is 3.51. The van der Waals surface area contributed by atoms with Crippen LogP contribution in [0.25, 0.3) is 0 Å². The van der Waals surface area contributed by atoms with Crippen LogP contribution in [-0.4, -0.2) is 29.5 Å². The molecule has 0 aliphatic carbocycles. The van der Waals surface area contributed by atoms with Gasteiger partial charge in [-0.2, -0.15) is 0 Å². The normalized spacial score (nSPS) is 12.9. The molecule has 0 aliphatic heterocycles. The highest BCUT2D eigenvalue weighted by molar-refractivity contribution is 5.37. The second kappa shape index (κ2) is 5.87. The summed E-state index contributed by atoms with van der Waals surface area (Å²) >= 11 is 0. The van der Waals surface area contributed by atoms with Crippen LogP contribution in [0.1, 0.15) is 30.9 Å². The van der Waals surface area contributed by atoms with Crippen molar-refractivity contribution in [1.29, 1.82) is 0 Å². The zero-order chi connectivity index (χ0) is 12.1. The predicted molar refractivity (Wildman–Crippen MR) is 63.9 cm³/mol. The lowest BCUT2D eigenvalue weighted by molar-refractivity contribution is 0.0533. The molecule has 0 bridgehead atoms. The van der Waals surface area contributed by atoms with Crippen LogP contribution in [0.5, 0.6) is 5.75 Å². The lowest BCUT2D eigenvalue weighted by Crippen LogP contribution is -2.21. The Morgan fingerprint density at radius 3 is 2.56 bits per heavy atom. The van der Waals surface area contributed by atoms with Gasteiger partial charge in [-0.25, -0.2) is 0 Å². The minimum Gasteiger partial charge on any atom is -0.491 e. The van der Waals surface area contributed by atoms with Crippen molar-refractivity contribution >= 4 is 0 Å². The van der Waals surface area contributed by atoms with Crippen molar-refractivity contribution in [2.75, 3.05) is 13.2 Å². The van der Waals surface area contributed by atoms with Gasteiger partial charge in [0.15, 0.2) is 0 Å². The minimum absolute atomic E-state index is 0.124. The summed E-state index contributed by atoms with van der Waals surface area (Å²) in [5.41, 5.74) is 2.24. The van der Waals surface area contributed by atoms with Crippen LogP contribution < -0.4 is 4.74 Å². The zero-order valence-corrected chi connectivity index (χ0v) is 10.1. The van der Waals surface area contributed by atoms with Crippen LogP contribution in [0.15, 0.2) is 18.2 Å². The Balaban J connectivity index is 2.74. The monoisotopic (exact) mass is 224 g/mol. The molecular weight excluding hydrogens is 204 g/mol. The number of hydrogen-bond donors (Lipinski definition) is 2. The fourth-order valence-electron chi connectivity index (χ4n) is 1.37. The van der Waals surface area contributed by atoms with Gasteiger partial charge in [0.1, 0.15) is 18.5 Å². The van der Waals surface area contributed by atoms with Crippen molar-refractivity contribution in [3.05, 3.63) is 29.3 Å². The molecule has 90 valence electrons. The van der Waals surface area contributed by atoms with Crippen molar-refractivity contribution in [2.24, 2.45) is 0 Å². The number of aliphatic hydroxyl groups excluding tert-OH is 2. The molecule has 0 heterocycles.